The normalized spacial score (nSPS) is 59.2. The van der Waals surface area contributed by atoms with E-state index in [0.29, 0.717) is 0 Å². The zero-order valence-electron chi connectivity index (χ0n) is 4.97. The highest BCUT2D eigenvalue weighted by Gasteiger charge is 2.55. The zero-order valence-corrected chi connectivity index (χ0v) is 7.13. The van der Waals surface area contributed by atoms with Gasteiger partial charge < -0.3 is 0 Å². The van der Waals surface area contributed by atoms with Gasteiger partial charge in [0.1, 0.15) is 0 Å². The summed E-state index contributed by atoms with van der Waals surface area (Å²) in [5.41, 5.74) is 0. The van der Waals surface area contributed by atoms with Gasteiger partial charge >= 0.3 is 0 Å². The Morgan fingerprint density at radius 2 is 2.38 bits per heavy atom. The molecule has 3 fully saturated rings. The van der Waals surface area contributed by atoms with E-state index >= 15 is 0 Å². The Labute approximate surface area is 63.6 Å². The van der Waals surface area contributed by atoms with Crippen LogP contribution < -0.4 is 0 Å². The fourth-order valence-corrected chi connectivity index (χ4v) is 2.92. The van der Waals surface area contributed by atoms with E-state index in [1.807, 2.05) is 0 Å². The van der Waals surface area contributed by atoms with Gasteiger partial charge in [-0.05, 0) is 6.92 Å². The van der Waals surface area contributed by atoms with Crippen molar-refractivity contribution in [2.45, 2.75) is 19.0 Å². The van der Waals surface area contributed by atoms with Crippen molar-refractivity contribution in [1.82, 2.24) is 4.90 Å². The molecule has 0 aromatic heterocycles. The minimum Gasteiger partial charge on any atom is -0.296 e. The predicted octanol–water partition coefficient (Wildman–Crippen LogP) is 1.12. The number of halogens is 1. The predicted molar refractivity (Wildman–Crippen MR) is 42.3 cm³/mol. The van der Waals surface area contributed by atoms with Crippen LogP contribution in [0.1, 0.15) is 6.92 Å². The molecule has 4 atom stereocenters. The fourth-order valence-electron chi connectivity index (χ4n) is 1.76. The average molecular weight is 223 g/mol. The smallest absolute Gasteiger partial charge is 0.0243 e. The van der Waals surface area contributed by atoms with Crippen LogP contribution in [-0.4, -0.2) is 28.0 Å². The van der Waals surface area contributed by atoms with Gasteiger partial charge in [0, 0.05) is 29.0 Å². The first-order chi connectivity index (χ1) is 3.84. The van der Waals surface area contributed by atoms with Crippen molar-refractivity contribution in [3.63, 3.8) is 0 Å². The molecule has 46 valence electrons. The summed E-state index contributed by atoms with van der Waals surface area (Å²) in [6, 6.07) is 1.92. The van der Waals surface area contributed by atoms with Gasteiger partial charge in [-0.15, -0.1) is 0 Å². The Morgan fingerprint density at radius 1 is 1.75 bits per heavy atom. The van der Waals surface area contributed by atoms with Gasteiger partial charge in [0.05, 0.1) is 0 Å². The van der Waals surface area contributed by atoms with Crippen LogP contribution >= 0.6 is 22.6 Å². The second kappa shape index (κ2) is 1.59. The maximum Gasteiger partial charge on any atom is 0.0243 e. The largest absolute Gasteiger partial charge is 0.296 e. The zero-order chi connectivity index (χ0) is 5.72. The molecule has 0 N–H and O–H groups in total. The van der Waals surface area contributed by atoms with Crippen molar-refractivity contribution in [2.75, 3.05) is 11.0 Å². The molecule has 2 heteroatoms. The molecule has 3 aliphatic rings. The van der Waals surface area contributed by atoms with E-state index in [0.717, 1.165) is 18.0 Å². The molecule has 0 amide bonds. The van der Waals surface area contributed by atoms with E-state index in [1.165, 1.54) is 11.0 Å². The molecular formula is C6H10IN. The van der Waals surface area contributed by atoms with Crippen molar-refractivity contribution in [1.29, 1.82) is 0 Å². The van der Waals surface area contributed by atoms with Crippen LogP contribution in [0.25, 0.3) is 0 Å². The Kier molecular flexibility index (Phi) is 1.09. The van der Waals surface area contributed by atoms with E-state index in [4.69, 9.17) is 0 Å². The molecule has 3 saturated heterocycles. The summed E-state index contributed by atoms with van der Waals surface area (Å²) >= 11 is 2.48. The lowest BCUT2D eigenvalue weighted by molar-refractivity contribution is -0.164. The molecule has 8 heavy (non-hydrogen) atoms. The lowest BCUT2D eigenvalue weighted by Crippen LogP contribution is -2.78. The number of rotatable bonds is 1. The van der Waals surface area contributed by atoms with Crippen LogP contribution in [0.4, 0.5) is 0 Å². The van der Waals surface area contributed by atoms with E-state index in [-0.39, 0.29) is 0 Å². The molecule has 2 bridgehead atoms. The maximum atomic E-state index is 2.58. The molecule has 0 radical (unpaired) electrons. The third-order valence-corrected chi connectivity index (χ3v) is 3.55. The van der Waals surface area contributed by atoms with Crippen LogP contribution in [0.2, 0.25) is 0 Å². The van der Waals surface area contributed by atoms with Gasteiger partial charge in [-0.2, -0.15) is 0 Å². The highest BCUT2D eigenvalue weighted by Crippen LogP contribution is 2.45. The third kappa shape index (κ3) is 0.421. The first-order valence-electron chi connectivity index (χ1n) is 3.16. The molecule has 0 saturated carbocycles. The standard InChI is InChI=1S/C6H10IN/c1-4-5-3-8(4)6(5)2-7/h4-6H,2-3H2,1H3/t4-,5+,6?/m1/s1. The summed E-state index contributed by atoms with van der Waals surface area (Å²) in [6.07, 6.45) is 0. The Morgan fingerprint density at radius 3 is 2.50 bits per heavy atom. The Hall–Kier alpha value is 0.690. The molecule has 3 heterocycles. The molecule has 2 unspecified atom stereocenters. The summed E-state index contributed by atoms with van der Waals surface area (Å²) in [5, 5.41) is 0. The van der Waals surface area contributed by atoms with Crippen LogP contribution in [-0.2, 0) is 0 Å². The van der Waals surface area contributed by atoms with E-state index in [9.17, 15) is 0 Å². The van der Waals surface area contributed by atoms with Crippen LogP contribution in [0, 0.1) is 5.92 Å². The highest BCUT2D eigenvalue weighted by molar-refractivity contribution is 14.1. The first kappa shape index (κ1) is 5.47. The number of alkyl halides is 1. The molecule has 0 aromatic carbocycles. The summed E-state index contributed by atoms with van der Waals surface area (Å²) < 4.78 is 1.34. The monoisotopic (exact) mass is 223 g/mol. The molecule has 1 nitrogen and oxygen atoms in total. The van der Waals surface area contributed by atoms with Gasteiger partial charge in [0.25, 0.3) is 0 Å². The van der Waals surface area contributed by atoms with Crippen molar-refractivity contribution in [3.05, 3.63) is 0 Å². The van der Waals surface area contributed by atoms with Gasteiger partial charge in [-0.3, -0.25) is 4.90 Å². The van der Waals surface area contributed by atoms with Gasteiger partial charge in [0.15, 0.2) is 0 Å². The van der Waals surface area contributed by atoms with E-state index < -0.39 is 0 Å². The van der Waals surface area contributed by atoms with Gasteiger partial charge in [-0.25, -0.2) is 0 Å². The van der Waals surface area contributed by atoms with Crippen molar-refractivity contribution >= 4 is 22.6 Å². The second-order valence-corrected chi connectivity index (χ2v) is 3.70. The second-order valence-electron chi connectivity index (χ2n) is 2.82. The Balaban J connectivity index is 1.95. The van der Waals surface area contributed by atoms with Crippen LogP contribution in [0.5, 0.6) is 0 Å². The summed E-state index contributed by atoms with van der Waals surface area (Å²) in [7, 11) is 0. The number of hydrogen-bond acceptors (Lipinski definition) is 1. The van der Waals surface area contributed by atoms with Crippen molar-refractivity contribution < 1.29 is 0 Å². The first-order valence-corrected chi connectivity index (χ1v) is 4.69. The number of nitrogens with zero attached hydrogens (tertiary/aromatic N) is 1. The Bertz CT molecular complexity index is 101. The average Bonchev–Trinajstić information content (AvgIpc) is 1.62. The van der Waals surface area contributed by atoms with E-state index in [1.54, 1.807) is 0 Å². The van der Waals surface area contributed by atoms with Crippen molar-refractivity contribution in [2.24, 2.45) is 5.92 Å². The molecule has 0 aromatic rings. The number of hydrogen-bond donors (Lipinski definition) is 0. The maximum absolute atomic E-state index is 2.58. The quantitative estimate of drug-likeness (QED) is 0.475. The van der Waals surface area contributed by atoms with Gasteiger partial charge in [-0.1, -0.05) is 22.6 Å². The lowest BCUT2D eigenvalue weighted by Gasteiger charge is -2.66. The highest BCUT2D eigenvalue weighted by atomic mass is 127. The molecule has 0 aliphatic carbocycles. The SMILES string of the molecule is C[C@@H]1[C@@H]2CN1C2CI. The minimum absolute atomic E-state index is 0.940. The molecule has 3 aliphatic heterocycles. The van der Waals surface area contributed by atoms with Crippen molar-refractivity contribution in [3.8, 4) is 0 Å². The summed E-state index contributed by atoms with van der Waals surface area (Å²) in [5.74, 6) is 1.08. The third-order valence-electron chi connectivity index (χ3n) is 2.64. The lowest BCUT2D eigenvalue weighted by atomic mass is 9.71. The topological polar surface area (TPSA) is 3.24 Å². The molecule has 0 spiro atoms. The van der Waals surface area contributed by atoms with Crippen LogP contribution in [0.3, 0.4) is 0 Å². The molecule has 3 rings (SSSR count). The summed E-state index contributed by atoms with van der Waals surface area (Å²) in [6.45, 7) is 3.73. The minimum atomic E-state index is 0.940. The molecular weight excluding hydrogens is 213 g/mol. The van der Waals surface area contributed by atoms with E-state index in [2.05, 4.69) is 34.4 Å². The van der Waals surface area contributed by atoms with Gasteiger partial charge in [0.2, 0.25) is 0 Å². The summed E-state index contributed by atoms with van der Waals surface area (Å²) in [4.78, 5) is 2.58. The van der Waals surface area contributed by atoms with Crippen LogP contribution in [0.15, 0.2) is 0 Å². The fraction of sp³-hybridized carbons (Fsp3) is 1.00.